The average Bonchev–Trinajstić information content (AvgIpc) is 3.29. The Labute approximate surface area is 178 Å². The molecule has 0 bridgehead atoms. The van der Waals surface area contributed by atoms with Crippen LogP contribution in [-0.4, -0.2) is 30.9 Å². The number of rotatable bonds is 5. The van der Waals surface area contributed by atoms with Gasteiger partial charge in [-0.25, -0.2) is 8.42 Å². The van der Waals surface area contributed by atoms with Crippen LogP contribution in [0.15, 0.2) is 75.1 Å². The molecule has 150 valence electrons. The van der Waals surface area contributed by atoms with Crippen LogP contribution in [0.5, 0.6) is 0 Å². The Hall–Kier alpha value is -2.13. The Bertz CT molecular complexity index is 1110. The Morgan fingerprint density at radius 3 is 2.45 bits per heavy atom. The maximum Gasteiger partial charge on any atom is 0.253 e. The maximum atomic E-state index is 13.3. The number of fused-ring (bicyclic) bond motifs is 1. The Morgan fingerprint density at radius 1 is 1.07 bits per heavy atom. The van der Waals surface area contributed by atoms with Crippen LogP contribution in [0.3, 0.4) is 0 Å². The second-order valence-corrected chi connectivity index (χ2v) is 10.6. The molecule has 0 fully saturated rings. The highest BCUT2D eigenvalue weighted by Gasteiger charge is 2.40. The second kappa shape index (κ2) is 8.31. The van der Waals surface area contributed by atoms with Crippen molar-refractivity contribution < 1.29 is 13.2 Å². The van der Waals surface area contributed by atoms with E-state index in [9.17, 15) is 13.2 Å². The Morgan fingerprint density at radius 2 is 1.79 bits per heavy atom. The molecule has 0 saturated heterocycles. The van der Waals surface area contributed by atoms with Crippen LogP contribution in [0.2, 0.25) is 0 Å². The van der Waals surface area contributed by atoms with Crippen LogP contribution < -0.4 is 5.32 Å². The molecule has 0 unspecified atom stereocenters. The molecule has 3 aromatic rings. The van der Waals surface area contributed by atoms with Crippen molar-refractivity contribution in [3.05, 3.63) is 77.2 Å². The summed E-state index contributed by atoms with van der Waals surface area (Å²) in [4.78, 5) is 14.2. The van der Waals surface area contributed by atoms with Crippen molar-refractivity contribution in [2.24, 2.45) is 0 Å². The fourth-order valence-electron chi connectivity index (χ4n) is 3.40. The van der Waals surface area contributed by atoms with Gasteiger partial charge in [0.25, 0.3) is 10.0 Å². The Balaban J connectivity index is 1.66. The van der Waals surface area contributed by atoms with Gasteiger partial charge in [-0.3, -0.25) is 4.79 Å². The summed E-state index contributed by atoms with van der Waals surface area (Å²) in [5, 5.41) is 4.62. The average molecular weight is 445 g/mol. The molecule has 1 amide bonds. The number of anilines is 1. The fourth-order valence-corrected chi connectivity index (χ4v) is 6.49. The molecule has 2 aromatic carbocycles. The lowest BCUT2D eigenvalue weighted by atomic mass is 9.95. The lowest BCUT2D eigenvalue weighted by Crippen LogP contribution is -2.50. The Kier molecular flexibility index (Phi) is 5.78. The molecule has 1 aliphatic heterocycles. The van der Waals surface area contributed by atoms with E-state index < -0.39 is 16.1 Å². The first kappa shape index (κ1) is 20.2. The van der Waals surface area contributed by atoms with Gasteiger partial charge >= 0.3 is 0 Å². The summed E-state index contributed by atoms with van der Waals surface area (Å²) >= 11 is 2.78. The number of nitrogens with zero attached hydrogens (tertiary/aromatic N) is 1. The van der Waals surface area contributed by atoms with Gasteiger partial charge in [0.1, 0.15) is 10.3 Å². The van der Waals surface area contributed by atoms with Crippen molar-refractivity contribution >= 4 is 44.7 Å². The second-order valence-electron chi connectivity index (χ2n) is 6.69. The third-order valence-electron chi connectivity index (χ3n) is 4.92. The summed E-state index contributed by atoms with van der Waals surface area (Å²) in [6.45, 7) is 0.180. The van der Waals surface area contributed by atoms with Crippen LogP contribution in [0.25, 0.3) is 0 Å². The highest BCUT2D eigenvalue weighted by Crippen LogP contribution is 2.31. The summed E-state index contributed by atoms with van der Waals surface area (Å²) in [5.74, 6) is -0.323. The first-order valence-electron chi connectivity index (χ1n) is 9.06. The molecule has 1 aliphatic rings. The van der Waals surface area contributed by atoms with Gasteiger partial charge in [0.05, 0.1) is 0 Å². The molecule has 4 rings (SSSR count). The SMILES string of the molecule is CSc1ccc(NC(=O)[C@@H]2Cc3ccccc3CN2S(=O)(=O)c2cccs2)cc1. The summed E-state index contributed by atoms with van der Waals surface area (Å²) < 4.78 is 28.1. The number of carbonyl (C=O) groups excluding carboxylic acids is 1. The molecule has 5 nitrogen and oxygen atoms in total. The normalized spacial score (nSPS) is 16.9. The zero-order chi connectivity index (χ0) is 20.4. The number of sulfonamides is 1. The molecular weight excluding hydrogens is 424 g/mol. The number of nitrogens with one attached hydrogen (secondary N) is 1. The van der Waals surface area contributed by atoms with E-state index >= 15 is 0 Å². The van der Waals surface area contributed by atoms with E-state index in [1.54, 1.807) is 29.3 Å². The van der Waals surface area contributed by atoms with Crippen LogP contribution in [0.4, 0.5) is 5.69 Å². The van der Waals surface area contributed by atoms with Crippen LogP contribution >= 0.6 is 23.1 Å². The lowest BCUT2D eigenvalue weighted by Gasteiger charge is -2.34. The first-order chi connectivity index (χ1) is 14.0. The highest BCUT2D eigenvalue weighted by molar-refractivity contribution is 7.98. The predicted molar refractivity (Wildman–Crippen MR) is 118 cm³/mol. The number of amides is 1. The van der Waals surface area contributed by atoms with Gasteiger partial charge in [0.2, 0.25) is 5.91 Å². The van der Waals surface area contributed by atoms with Crippen molar-refractivity contribution in [1.29, 1.82) is 0 Å². The predicted octanol–water partition coefficient (Wildman–Crippen LogP) is 4.22. The van der Waals surface area contributed by atoms with Crippen molar-refractivity contribution in [2.75, 3.05) is 11.6 Å². The summed E-state index contributed by atoms with van der Waals surface area (Å²) in [7, 11) is -3.77. The minimum absolute atomic E-state index is 0.180. The summed E-state index contributed by atoms with van der Waals surface area (Å²) in [6.07, 6.45) is 2.33. The first-order valence-corrected chi connectivity index (χ1v) is 12.6. The van der Waals surface area contributed by atoms with E-state index in [4.69, 9.17) is 0 Å². The minimum Gasteiger partial charge on any atom is -0.325 e. The molecule has 2 heterocycles. The molecule has 29 heavy (non-hydrogen) atoms. The van der Waals surface area contributed by atoms with Gasteiger partial charge in [0.15, 0.2) is 0 Å². The van der Waals surface area contributed by atoms with Gasteiger partial charge in [-0.05, 0) is 59.5 Å². The van der Waals surface area contributed by atoms with Gasteiger partial charge < -0.3 is 5.32 Å². The molecule has 1 N–H and O–H groups in total. The number of carbonyl (C=O) groups is 1. The van der Waals surface area contributed by atoms with Gasteiger partial charge in [-0.2, -0.15) is 4.31 Å². The standard InChI is InChI=1S/C21H20N2O3S3/c1-27-18-10-8-17(9-11-18)22-21(24)19-13-15-5-2-3-6-16(15)14-23(19)29(25,26)20-7-4-12-28-20/h2-12,19H,13-14H2,1H3,(H,22,24)/t19-/m0/s1. The molecule has 0 saturated carbocycles. The molecular formula is C21H20N2O3S3. The monoisotopic (exact) mass is 444 g/mol. The number of hydrogen-bond donors (Lipinski definition) is 1. The number of thioether (sulfide) groups is 1. The van der Waals surface area contributed by atoms with Gasteiger partial charge in [-0.1, -0.05) is 30.3 Å². The molecule has 0 spiro atoms. The number of hydrogen-bond acceptors (Lipinski definition) is 5. The number of thiophene rings is 1. The summed E-state index contributed by atoms with van der Waals surface area (Å²) in [6, 6.07) is 17.7. The lowest BCUT2D eigenvalue weighted by molar-refractivity contribution is -0.120. The van der Waals surface area contributed by atoms with E-state index in [0.717, 1.165) is 27.4 Å². The zero-order valence-electron chi connectivity index (χ0n) is 15.7. The zero-order valence-corrected chi connectivity index (χ0v) is 18.2. The topological polar surface area (TPSA) is 66.5 Å². The minimum atomic E-state index is -3.77. The number of benzene rings is 2. The van der Waals surface area contributed by atoms with E-state index in [1.807, 2.05) is 54.8 Å². The summed E-state index contributed by atoms with van der Waals surface area (Å²) in [5.41, 5.74) is 2.59. The van der Waals surface area contributed by atoms with E-state index in [0.29, 0.717) is 12.1 Å². The van der Waals surface area contributed by atoms with Gasteiger partial charge in [0, 0.05) is 17.1 Å². The third kappa shape index (κ3) is 4.11. The largest absolute Gasteiger partial charge is 0.325 e. The van der Waals surface area contributed by atoms with Crippen molar-refractivity contribution in [1.82, 2.24) is 4.31 Å². The molecule has 1 aromatic heterocycles. The fraction of sp³-hybridized carbons (Fsp3) is 0.190. The van der Waals surface area contributed by atoms with E-state index in [2.05, 4.69) is 5.32 Å². The quantitative estimate of drug-likeness (QED) is 0.598. The molecule has 0 radical (unpaired) electrons. The van der Waals surface area contributed by atoms with Crippen LogP contribution in [0, 0.1) is 0 Å². The van der Waals surface area contributed by atoms with Crippen molar-refractivity contribution in [3.8, 4) is 0 Å². The smallest absolute Gasteiger partial charge is 0.253 e. The van der Waals surface area contributed by atoms with E-state index in [1.165, 1.54) is 4.31 Å². The molecule has 8 heteroatoms. The van der Waals surface area contributed by atoms with Crippen LogP contribution in [0.1, 0.15) is 11.1 Å². The van der Waals surface area contributed by atoms with Crippen LogP contribution in [-0.2, 0) is 27.8 Å². The van der Waals surface area contributed by atoms with Gasteiger partial charge in [-0.15, -0.1) is 23.1 Å². The van der Waals surface area contributed by atoms with Crippen molar-refractivity contribution in [3.63, 3.8) is 0 Å². The third-order valence-corrected chi connectivity index (χ3v) is 8.90. The molecule has 0 aliphatic carbocycles. The van der Waals surface area contributed by atoms with E-state index in [-0.39, 0.29) is 16.7 Å². The van der Waals surface area contributed by atoms with Crippen molar-refractivity contribution in [2.45, 2.75) is 28.1 Å². The maximum absolute atomic E-state index is 13.3. The molecule has 1 atom stereocenters. The highest BCUT2D eigenvalue weighted by atomic mass is 32.2.